The first-order chi connectivity index (χ1) is 16.6. The van der Waals surface area contributed by atoms with E-state index in [4.69, 9.17) is 9.72 Å². The number of nitrogens with one attached hydrogen (secondary N) is 1. The fourth-order valence-electron chi connectivity index (χ4n) is 4.44. The number of carbonyl (C=O) groups excluding carboxylic acids is 1. The number of nitrogens with zero attached hydrogens (tertiary/aromatic N) is 4. The molecular formula is C26H29N5O3. The van der Waals surface area contributed by atoms with Crippen molar-refractivity contribution in [2.24, 2.45) is 0 Å². The van der Waals surface area contributed by atoms with Gasteiger partial charge in [0.15, 0.2) is 0 Å². The number of morpholine rings is 1. The van der Waals surface area contributed by atoms with Crippen molar-refractivity contribution in [1.29, 1.82) is 0 Å². The smallest absolute Gasteiger partial charge is 0.268 e. The van der Waals surface area contributed by atoms with Gasteiger partial charge in [0.05, 0.1) is 18.6 Å². The number of aromatic nitrogens is 3. The van der Waals surface area contributed by atoms with Crippen LogP contribution in [0.4, 0.5) is 0 Å². The van der Waals surface area contributed by atoms with Crippen molar-refractivity contribution in [3.63, 3.8) is 0 Å². The first-order valence-corrected chi connectivity index (χ1v) is 11.7. The van der Waals surface area contributed by atoms with Crippen molar-refractivity contribution in [3.8, 4) is 0 Å². The maximum absolute atomic E-state index is 13.3. The highest BCUT2D eigenvalue weighted by molar-refractivity contribution is 5.98. The fourth-order valence-corrected chi connectivity index (χ4v) is 4.44. The first kappa shape index (κ1) is 22.3. The van der Waals surface area contributed by atoms with Gasteiger partial charge >= 0.3 is 0 Å². The molecule has 0 spiro atoms. The van der Waals surface area contributed by atoms with Gasteiger partial charge in [-0.25, -0.2) is 4.98 Å². The molecule has 4 heterocycles. The summed E-state index contributed by atoms with van der Waals surface area (Å²) in [5, 5.41) is 3.48. The summed E-state index contributed by atoms with van der Waals surface area (Å²) < 4.78 is 8.79. The molecular weight excluding hydrogens is 430 g/mol. The Morgan fingerprint density at radius 1 is 1.12 bits per heavy atom. The zero-order valence-corrected chi connectivity index (χ0v) is 19.4. The molecule has 34 heavy (non-hydrogen) atoms. The van der Waals surface area contributed by atoms with E-state index in [1.165, 1.54) is 0 Å². The van der Waals surface area contributed by atoms with Crippen molar-refractivity contribution < 1.29 is 9.53 Å². The lowest BCUT2D eigenvalue weighted by Crippen LogP contribution is -2.38. The summed E-state index contributed by atoms with van der Waals surface area (Å²) in [5.41, 5.74) is 3.37. The second-order valence-corrected chi connectivity index (χ2v) is 8.75. The largest absolute Gasteiger partial charge is 0.379 e. The van der Waals surface area contributed by atoms with Gasteiger partial charge < -0.3 is 14.6 Å². The molecule has 176 valence electrons. The molecule has 1 fully saturated rings. The lowest BCUT2D eigenvalue weighted by molar-refractivity contribution is 0.0374. The third-order valence-electron chi connectivity index (χ3n) is 6.27. The van der Waals surface area contributed by atoms with Gasteiger partial charge in [0.25, 0.3) is 11.5 Å². The zero-order chi connectivity index (χ0) is 23.5. The molecule has 1 amide bonds. The quantitative estimate of drug-likeness (QED) is 0.430. The molecule has 0 aliphatic carbocycles. The van der Waals surface area contributed by atoms with Crippen LogP contribution in [0.3, 0.4) is 0 Å². The third-order valence-corrected chi connectivity index (χ3v) is 6.27. The Kier molecular flexibility index (Phi) is 6.42. The van der Waals surface area contributed by atoms with Crippen LogP contribution in [0.15, 0.2) is 59.5 Å². The molecule has 0 radical (unpaired) electrons. The van der Waals surface area contributed by atoms with Crippen LogP contribution in [0.1, 0.15) is 28.0 Å². The van der Waals surface area contributed by atoms with Gasteiger partial charge in [-0.1, -0.05) is 36.4 Å². The Morgan fingerprint density at radius 2 is 1.91 bits per heavy atom. The van der Waals surface area contributed by atoms with E-state index in [1.54, 1.807) is 16.7 Å². The standard InChI is InChI=1S/C26H29N5O3/c1-19-8-9-23-28-24-21(26(33)31(23)17-19)16-22(30(24)18-20-6-3-2-4-7-20)25(32)27-10-5-11-29-12-14-34-15-13-29/h2-4,6-9,16-17H,5,10-15,18H2,1H3,(H,27,32). The predicted octanol–water partition coefficient (Wildman–Crippen LogP) is 2.46. The molecule has 0 saturated carbocycles. The maximum Gasteiger partial charge on any atom is 0.268 e. The van der Waals surface area contributed by atoms with Crippen molar-refractivity contribution in [3.05, 3.63) is 81.9 Å². The molecule has 0 unspecified atom stereocenters. The average molecular weight is 460 g/mol. The molecule has 5 rings (SSSR count). The van der Waals surface area contributed by atoms with Gasteiger partial charge in [-0.2, -0.15) is 0 Å². The van der Waals surface area contributed by atoms with Gasteiger partial charge in [0.1, 0.15) is 17.0 Å². The lowest BCUT2D eigenvalue weighted by atomic mass is 10.2. The van der Waals surface area contributed by atoms with Crippen LogP contribution in [0, 0.1) is 6.92 Å². The van der Waals surface area contributed by atoms with Crippen LogP contribution in [0.5, 0.6) is 0 Å². The highest BCUT2D eigenvalue weighted by atomic mass is 16.5. The topological polar surface area (TPSA) is 80.9 Å². The fraction of sp³-hybridized carbons (Fsp3) is 0.346. The van der Waals surface area contributed by atoms with Crippen LogP contribution >= 0.6 is 0 Å². The van der Waals surface area contributed by atoms with E-state index in [-0.39, 0.29) is 11.5 Å². The molecule has 3 aromatic heterocycles. The SMILES string of the molecule is Cc1ccc2nc3c(cc(C(=O)NCCCN4CCOCC4)n3Cc3ccccc3)c(=O)n2c1. The Bertz CT molecular complexity index is 1370. The summed E-state index contributed by atoms with van der Waals surface area (Å²) >= 11 is 0. The van der Waals surface area contributed by atoms with Crippen LogP contribution in [-0.2, 0) is 11.3 Å². The number of fused-ring (bicyclic) bond motifs is 2. The van der Waals surface area contributed by atoms with E-state index >= 15 is 0 Å². The van der Waals surface area contributed by atoms with E-state index in [0.29, 0.717) is 35.5 Å². The van der Waals surface area contributed by atoms with Gasteiger partial charge in [0, 0.05) is 32.4 Å². The number of pyridine rings is 1. The van der Waals surface area contributed by atoms with E-state index in [1.807, 2.05) is 54.0 Å². The average Bonchev–Trinajstić information content (AvgIpc) is 3.22. The number of benzene rings is 1. The predicted molar refractivity (Wildman–Crippen MR) is 131 cm³/mol. The van der Waals surface area contributed by atoms with Crippen LogP contribution in [0.2, 0.25) is 0 Å². The summed E-state index contributed by atoms with van der Waals surface area (Å²) in [5.74, 6) is -0.194. The molecule has 0 atom stereocenters. The minimum Gasteiger partial charge on any atom is -0.379 e. The number of hydrogen-bond donors (Lipinski definition) is 1. The molecule has 1 N–H and O–H groups in total. The van der Waals surface area contributed by atoms with Gasteiger partial charge in [-0.05, 0) is 43.1 Å². The summed E-state index contributed by atoms with van der Waals surface area (Å²) in [6.07, 6.45) is 2.64. The molecule has 1 saturated heterocycles. The Hall–Kier alpha value is -3.49. The monoisotopic (exact) mass is 459 g/mol. The highest BCUT2D eigenvalue weighted by Gasteiger charge is 2.20. The number of amides is 1. The molecule has 1 aliphatic heterocycles. The summed E-state index contributed by atoms with van der Waals surface area (Å²) in [7, 11) is 0. The maximum atomic E-state index is 13.3. The van der Waals surface area contributed by atoms with Gasteiger partial charge in [-0.3, -0.25) is 18.9 Å². The van der Waals surface area contributed by atoms with E-state index < -0.39 is 0 Å². The van der Waals surface area contributed by atoms with E-state index in [2.05, 4.69) is 10.2 Å². The van der Waals surface area contributed by atoms with Crippen molar-refractivity contribution >= 4 is 22.6 Å². The molecule has 1 aromatic carbocycles. The normalized spacial score (nSPS) is 14.6. The highest BCUT2D eigenvalue weighted by Crippen LogP contribution is 2.19. The minimum atomic E-state index is -0.194. The number of aryl methyl sites for hydroxylation is 1. The molecule has 0 bridgehead atoms. The Balaban J connectivity index is 1.45. The molecule has 1 aliphatic rings. The second kappa shape index (κ2) is 9.79. The van der Waals surface area contributed by atoms with E-state index in [0.717, 1.165) is 50.4 Å². The van der Waals surface area contributed by atoms with Crippen molar-refractivity contribution in [2.75, 3.05) is 39.4 Å². The Morgan fingerprint density at radius 3 is 2.71 bits per heavy atom. The first-order valence-electron chi connectivity index (χ1n) is 11.7. The van der Waals surface area contributed by atoms with Gasteiger partial charge in [0.2, 0.25) is 0 Å². The van der Waals surface area contributed by atoms with E-state index in [9.17, 15) is 9.59 Å². The minimum absolute atomic E-state index is 0.170. The zero-order valence-electron chi connectivity index (χ0n) is 19.4. The number of rotatable bonds is 7. The molecule has 8 heteroatoms. The third kappa shape index (κ3) is 4.60. The van der Waals surface area contributed by atoms with Crippen LogP contribution in [0.25, 0.3) is 16.7 Å². The van der Waals surface area contributed by atoms with Crippen LogP contribution < -0.4 is 10.9 Å². The van der Waals surface area contributed by atoms with Crippen LogP contribution in [-0.4, -0.2) is 64.2 Å². The second-order valence-electron chi connectivity index (χ2n) is 8.75. The number of hydrogen-bond acceptors (Lipinski definition) is 5. The van der Waals surface area contributed by atoms with Crippen molar-refractivity contribution in [1.82, 2.24) is 24.2 Å². The lowest BCUT2D eigenvalue weighted by Gasteiger charge is -2.26. The summed E-state index contributed by atoms with van der Waals surface area (Å²) in [4.78, 5) is 33.6. The molecule has 8 nitrogen and oxygen atoms in total. The number of carbonyl (C=O) groups is 1. The van der Waals surface area contributed by atoms with Gasteiger partial charge in [-0.15, -0.1) is 0 Å². The molecule has 4 aromatic rings. The van der Waals surface area contributed by atoms with Crippen molar-refractivity contribution in [2.45, 2.75) is 19.9 Å². The summed E-state index contributed by atoms with van der Waals surface area (Å²) in [6.45, 7) is 7.28. The number of ether oxygens (including phenoxy) is 1. The Labute approximate surface area is 197 Å². The summed E-state index contributed by atoms with van der Waals surface area (Å²) in [6, 6.07) is 15.3.